The van der Waals surface area contributed by atoms with E-state index in [1.54, 1.807) is 0 Å². The average molecular weight is 363 g/mol. The highest BCUT2D eigenvalue weighted by Crippen LogP contribution is 2.30. The molecule has 0 saturated carbocycles. The lowest BCUT2D eigenvalue weighted by atomic mass is 10.0. The fourth-order valence-electron chi connectivity index (χ4n) is 3.15. The van der Waals surface area contributed by atoms with Crippen LogP contribution < -0.4 is 0 Å². The third-order valence-electron chi connectivity index (χ3n) is 4.03. The molecule has 0 unspecified atom stereocenters. The van der Waals surface area contributed by atoms with Gasteiger partial charge in [0.2, 0.25) is 0 Å². The van der Waals surface area contributed by atoms with Gasteiger partial charge in [0.05, 0.1) is 0 Å². The molecule has 0 aliphatic heterocycles. The Balaban J connectivity index is 5.11. The summed E-state index contributed by atoms with van der Waals surface area (Å²) in [5.74, 6) is 0. The van der Waals surface area contributed by atoms with Gasteiger partial charge in [-0.1, -0.05) is 76.2 Å². The van der Waals surface area contributed by atoms with E-state index in [0.29, 0.717) is 27.6 Å². The molecule has 0 fully saturated rings. The fourth-order valence-corrected chi connectivity index (χ4v) is 16.7. The molecule has 134 valence electrons. The van der Waals surface area contributed by atoms with Gasteiger partial charge in [-0.05, 0) is 33.6 Å². The van der Waals surface area contributed by atoms with Crippen molar-refractivity contribution in [3.05, 3.63) is 0 Å². The van der Waals surface area contributed by atoms with Crippen molar-refractivity contribution in [3.8, 4) is 0 Å². The van der Waals surface area contributed by atoms with Gasteiger partial charge < -0.3 is 8.23 Å². The monoisotopic (exact) mass is 362 g/mol. The normalized spacial score (nSPS) is 13.9. The Morgan fingerprint density at radius 2 is 0.909 bits per heavy atom. The van der Waals surface area contributed by atoms with Crippen molar-refractivity contribution in [2.45, 2.75) is 104 Å². The Kier molecular flexibility index (Phi) is 10.0. The smallest absolute Gasteiger partial charge is 0.301 e. The van der Waals surface area contributed by atoms with Crippen LogP contribution in [0.1, 0.15) is 76.2 Å². The minimum atomic E-state index is -1.58. The molecular formula is C17H42O2Si3. The maximum atomic E-state index is 6.77. The summed E-state index contributed by atoms with van der Waals surface area (Å²) in [6, 6.07) is 1.14. The first-order valence-corrected chi connectivity index (χ1v) is 14.5. The van der Waals surface area contributed by atoms with Crippen LogP contribution in [0.3, 0.4) is 0 Å². The van der Waals surface area contributed by atoms with Crippen molar-refractivity contribution in [1.82, 2.24) is 0 Å². The van der Waals surface area contributed by atoms with Gasteiger partial charge in [0.1, 0.15) is 0 Å². The molecule has 0 bridgehead atoms. The second-order valence-corrected chi connectivity index (χ2v) is 20.0. The molecule has 0 aliphatic rings. The molecule has 0 rings (SSSR count). The van der Waals surface area contributed by atoms with E-state index >= 15 is 0 Å². The molecule has 0 radical (unpaired) electrons. The van der Waals surface area contributed by atoms with Gasteiger partial charge in [-0.25, -0.2) is 0 Å². The molecule has 2 nitrogen and oxygen atoms in total. The summed E-state index contributed by atoms with van der Waals surface area (Å²) in [5, 5.41) is 0. The second-order valence-electron chi connectivity index (χ2n) is 9.37. The SMILES string of the molecule is CC(C)[SiH](O[SiH](CC(C)(C)C)O[SiH](C(C)C)C(C)C)C(C)C. The van der Waals surface area contributed by atoms with E-state index < -0.39 is 27.4 Å². The molecule has 5 heteroatoms. The Labute approximate surface area is 145 Å². The van der Waals surface area contributed by atoms with Gasteiger partial charge in [-0.15, -0.1) is 0 Å². The highest BCUT2D eigenvalue weighted by Gasteiger charge is 2.33. The minimum Gasteiger partial charge on any atom is -0.440 e. The van der Waals surface area contributed by atoms with E-state index in [-0.39, 0.29) is 0 Å². The summed E-state index contributed by atoms with van der Waals surface area (Å²) in [4.78, 5) is 0. The average Bonchev–Trinajstić information content (AvgIpc) is 2.28. The zero-order chi connectivity index (χ0) is 17.7. The predicted molar refractivity (Wildman–Crippen MR) is 108 cm³/mol. The highest BCUT2D eigenvalue weighted by molar-refractivity contribution is 6.70. The van der Waals surface area contributed by atoms with Crippen molar-refractivity contribution in [2.24, 2.45) is 5.41 Å². The van der Waals surface area contributed by atoms with Gasteiger partial charge in [-0.2, -0.15) is 0 Å². The quantitative estimate of drug-likeness (QED) is 0.513. The van der Waals surface area contributed by atoms with Gasteiger partial charge in [0, 0.05) is 0 Å². The third kappa shape index (κ3) is 9.01. The molecule has 0 atom stereocenters. The van der Waals surface area contributed by atoms with Crippen LogP contribution in [0.4, 0.5) is 0 Å². The lowest BCUT2D eigenvalue weighted by molar-refractivity contribution is 0.361. The molecule has 0 aromatic carbocycles. The second kappa shape index (κ2) is 9.77. The minimum absolute atomic E-state index is 0.302. The largest absolute Gasteiger partial charge is 0.440 e. The van der Waals surface area contributed by atoms with Crippen molar-refractivity contribution < 1.29 is 8.23 Å². The van der Waals surface area contributed by atoms with Crippen molar-refractivity contribution in [2.75, 3.05) is 0 Å². The first kappa shape index (κ1) is 22.6. The molecule has 0 saturated heterocycles. The summed E-state index contributed by atoms with van der Waals surface area (Å²) < 4.78 is 13.5. The zero-order valence-corrected chi connectivity index (χ0v) is 20.5. The first-order valence-electron chi connectivity index (χ1n) is 9.16. The molecule has 0 aromatic rings. The fraction of sp³-hybridized carbons (Fsp3) is 1.00. The number of hydrogen-bond acceptors (Lipinski definition) is 2. The first-order chi connectivity index (χ1) is 9.85. The predicted octanol–water partition coefficient (Wildman–Crippen LogP) is 5.37. The molecule has 0 N–H and O–H groups in total. The topological polar surface area (TPSA) is 18.5 Å². The van der Waals surface area contributed by atoms with Crippen molar-refractivity contribution in [1.29, 1.82) is 0 Å². The van der Waals surface area contributed by atoms with E-state index in [2.05, 4.69) is 76.2 Å². The van der Waals surface area contributed by atoms with Gasteiger partial charge >= 0.3 is 9.28 Å². The summed E-state index contributed by atoms with van der Waals surface area (Å²) >= 11 is 0. The van der Waals surface area contributed by atoms with Crippen LogP contribution in [0.2, 0.25) is 28.2 Å². The van der Waals surface area contributed by atoms with Gasteiger partial charge in [-0.3, -0.25) is 0 Å². The molecule has 0 aliphatic carbocycles. The molecule has 22 heavy (non-hydrogen) atoms. The van der Waals surface area contributed by atoms with Crippen LogP contribution >= 0.6 is 0 Å². The summed E-state index contributed by atoms with van der Waals surface area (Å²) in [6.45, 7) is 25.6. The standard InChI is InChI=1S/C17H42O2Si3/c1-13(2)21(14(3)4)18-20(12-17(9,10)11)19-22(15(5)6)16(7)8/h13-16,20-22H,12H2,1-11H3. The van der Waals surface area contributed by atoms with E-state index in [1.807, 2.05) is 0 Å². The van der Waals surface area contributed by atoms with Crippen LogP contribution in [0.25, 0.3) is 0 Å². The lowest BCUT2D eigenvalue weighted by Crippen LogP contribution is -2.43. The van der Waals surface area contributed by atoms with E-state index in [1.165, 1.54) is 0 Å². The van der Waals surface area contributed by atoms with E-state index in [9.17, 15) is 0 Å². The van der Waals surface area contributed by atoms with Crippen molar-refractivity contribution >= 4 is 27.4 Å². The van der Waals surface area contributed by atoms with Crippen LogP contribution in [0.5, 0.6) is 0 Å². The Bertz CT molecular complexity index is 261. The summed E-state index contributed by atoms with van der Waals surface area (Å²) in [7, 11) is -3.96. The maximum absolute atomic E-state index is 6.77. The maximum Gasteiger partial charge on any atom is 0.301 e. The Morgan fingerprint density at radius 3 is 1.09 bits per heavy atom. The molecule has 0 aromatic heterocycles. The molecule has 0 spiro atoms. The highest BCUT2D eigenvalue weighted by atomic mass is 28.4. The van der Waals surface area contributed by atoms with Crippen molar-refractivity contribution in [3.63, 3.8) is 0 Å². The van der Waals surface area contributed by atoms with Crippen LogP contribution in [-0.4, -0.2) is 27.4 Å². The van der Waals surface area contributed by atoms with E-state index in [0.717, 1.165) is 6.04 Å². The third-order valence-corrected chi connectivity index (χ3v) is 15.8. The van der Waals surface area contributed by atoms with Crippen LogP contribution in [-0.2, 0) is 8.23 Å². The summed E-state index contributed by atoms with van der Waals surface area (Å²) in [6.07, 6.45) is 0. The Morgan fingerprint density at radius 1 is 0.636 bits per heavy atom. The zero-order valence-electron chi connectivity index (χ0n) is 17.1. The molecule has 0 amide bonds. The van der Waals surface area contributed by atoms with Crippen LogP contribution in [0, 0.1) is 5.41 Å². The number of hydrogen-bond donors (Lipinski definition) is 0. The lowest BCUT2D eigenvalue weighted by Gasteiger charge is -2.35. The molecular weight excluding hydrogens is 320 g/mol. The van der Waals surface area contributed by atoms with E-state index in [4.69, 9.17) is 8.23 Å². The Hall–Kier alpha value is 0.571. The van der Waals surface area contributed by atoms with Gasteiger partial charge in [0.25, 0.3) is 0 Å². The van der Waals surface area contributed by atoms with Crippen LogP contribution in [0.15, 0.2) is 0 Å². The van der Waals surface area contributed by atoms with Gasteiger partial charge in [0.15, 0.2) is 18.1 Å². The number of rotatable bonds is 9. The molecule has 0 heterocycles. The summed E-state index contributed by atoms with van der Waals surface area (Å²) in [5.41, 5.74) is 3.07.